The van der Waals surface area contributed by atoms with Gasteiger partial charge in [0.15, 0.2) is 22.8 Å². The number of hydrogen-bond acceptors (Lipinski definition) is 6. The number of phenols is 2. The largest absolute Gasteiger partial charge is 0.507 e. The first kappa shape index (κ1) is 22.9. The number of carbonyl (C=O) groups is 2. The molecule has 4 bridgehead atoms. The van der Waals surface area contributed by atoms with Crippen LogP contribution in [-0.4, -0.2) is 38.6 Å². The summed E-state index contributed by atoms with van der Waals surface area (Å²) < 4.78 is 13.2. The van der Waals surface area contributed by atoms with Gasteiger partial charge in [-0.2, -0.15) is 0 Å². The van der Waals surface area contributed by atoms with Crippen LogP contribution in [0, 0.1) is 11.8 Å². The zero-order valence-electron chi connectivity index (χ0n) is 20.6. The molecule has 1 spiro atoms. The molecule has 0 aromatic heterocycles. The van der Waals surface area contributed by atoms with Gasteiger partial charge < -0.3 is 19.7 Å². The summed E-state index contributed by atoms with van der Waals surface area (Å²) in [6, 6.07) is 1.40. The number of carbonyl (C=O) groups excluding carboxylic acids is 2. The second-order valence-electron chi connectivity index (χ2n) is 11.1. The molecule has 1 unspecified atom stereocenters. The molecule has 1 aromatic carbocycles. The van der Waals surface area contributed by atoms with E-state index in [-0.39, 0.29) is 52.3 Å². The van der Waals surface area contributed by atoms with Crippen LogP contribution in [-0.2, 0) is 16.0 Å². The molecule has 2 heterocycles. The van der Waals surface area contributed by atoms with E-state index in [1.807, 2.05) is 53.7 Å². The fourth-order valence-corrected chi connectivity index (χ4v) is 6.47. The van der Waals surface area contributed by atoms with Crippen molar-refractivity contribution in [3.05, 3.63) is 52.1 Å². The van der Waals surface area contributed by atoms with Gasteiger partial charge in [0.2, 0.25) is 0 Å². The van der Waals surface area contributed by atoms with Crippen molar-refractivity contribution in [1.29, 1.82) is 0 Å². The summed E-state index contributed by atoms with van der Waals surface area (Å²) in [5.41, 5.74) is -0.569. The van der Waals surface area contributed by atoms with Gasteiger partial charge in [-0.15, -0.1) is 0 Å². The molecule has 4 atom stereocenters. The highest BCUT2D eigenvalue weighted by Crippen LogP contribution is 2.68. The van der Waals surface area contributed by atoms with Crippen molar-refractivity contribution in [3.8, 4) is 17.2 Å². The molecule has 0 radical (unpaired) electrons. The monoisotopic (exact) mass is 464 g/mol. The van der Waals surface area contributed by atoms with Gasteiger partial charge in [-0.05, 0) is 54.4 Å². The highest BCUT2D eigenvalue weighted by molar-refractivity contribution is 6.18. The van der Waals surface area contributed by atoms with Crippen LogP contribution in [0.25, 0.3) is 0 Å². The Bertz CT molecular complexity index is 1220. The Kier molecular flexibility index (Phi) is 4.77. The highest BCUT2D eigenvalue weighted by Gasteiger charge is 2.81. The predicted molar refractivity (Wildman–Crippen MR) is 127 cm³/mol. The molecule has 2 aliphatic heterocycles. The number of Topliss-reactive ketones (excluding diaryl/α,β-unsaturated/α-hetero) is 2. The minimum Gasteiger partial charge on any atom is -0.507 e. The fraction of sp³-hybridized carbons (Fsp3) is 0.500. The summed E-state index contributed by atoms with van der Waals surface area (Å²) in [5, 5.41) is 21.8. The van der Waals surface area contributed by atoms with E-state index >= 15 is 0 Å². The minimum atomic E-state index is -1.34. The summed E-state index contributed by atoms with van der Waals surface area (Å²) in [6.45, 7) is 11.7. The van der Waals surface area contributed by atoms with E-state index in [0.717, 1.165) is 11.1 Å². The summed E-state index contributed by atoms with van der Waals surface area (Å²) in [4.78, 5) is 27.8. The second kappa shape index (κ2) is 7.08. The first-order chi connectivity index (χ1) is 15.9. The normalized spacial score (nSPS) is 31.9. The van der Waals surface area contributed by atoms with Gasteiger partial charge in [-0.25, -0.2) is 0 Å². The first-order valence-electron chi connectivity index (χ1n) is 11.9. The molecule has 2 N–H and O–H groups in total. The predicted octanol–water partition coefficient (Wildman–Crippen LogP) is 4.97. The van der Waals surface area contributed by atoms with Crippen molar-refractivity contribution < 1.29 is 29.3 Å². The van der Waals surface area contributed by atoms with E-state index in [9.17, 15) is 19.8 Å². The van der Waals surface area contributed by atoms with Gasteiger partial charge in [-0.3, -0.25) is 9.59 Å². The number of ether oxygens (including phenoxy) is 2. The van der Waals surface area contributed by atoms with Crippen LogP contribution in [0.2, 0.25) is 0 Å². The van der Waals surface area contributed by atoms with Gasteiger partial charge in [0, 0.05) is 35.5 Å². The van der Waals surface area contributed by atoms with Gasteiger partial charge in [-0.1, -0.05) is 29.4 Å². The highest BCUT2D eigenvalue weighted by atomic mass is 16.6. The fourth-order valence-electron chi connectivity index (χ4n) is 6.47. The summed E-state index contributed by atoms with van der Waals surface area (Å²) in [6.07, 6.45) is 6.69. The number of allylic oxidation sites excluding steroid dienone is 4. The zero-order chi connectivity index (χ0) is 24.8. The number of hydrogen-bond donors (Lipinski definition) is 2. The van der Waals surface area contributed by atoms with E-state index < -0.39 is 22.7 Å². The Morgan fingerprint density at radius 1 is 1.12 bits per heavy atom. The van der Waals surface area contributed by atoms with E-state index in [1.54, 1.807) is 6.08 Å². The molecule has 6 nitrogen and oxygen atoms in total. The van der Waals surface area contributed by atoms with Gasteiger partial charge in [0.25, 0.3) is 0 Å². The number of fused-ring (bicyclic) bond motifs is 1. The van der Waals surface area contributed by atoms with Crippen molar-refractivity contribution >= 4 is 11.6 Å². The lowest BCUT2D eigenvalue weighted by atomic mass is 9.51. The van der Waals surface area contributed by atoms with Crippen LogP contribution < -0.4 is 4.74 Å². The molecule has 1 aromatic rings. The molecule has 1 saturated carbocycles. The van der Waals surface area contributed by atoms with Crippen molar-refractivity contribution in [1.82, 2.24) is 0 Å². The molecule has 5 aliphatic rings. The minimum absolute atomic E-state index is 0.0430. The van der Waals surface area contributed by atoms with Gasteiger partial charge in [0.05, 0.1) is 5.60 Å². The molecule has 2 fully saturated rings. The van der Waals surface area contributed by atoms with Crippen LogP contribution in [0.3, 0.4) is 0 Å². The van der Waals surface area contributed by atoms with Gasteiger partial charge >= 0.3 is 0 Å². The van der Waals surface area contributed by atoms with Crippen molar-refractivity contribution in [2.75, 3.05) is 0 Å². The smallest absolute Gasteiger partial charge is 0.200 e. The van der Waals surface area contributed by atoms with E-state index in [4.69, 9.17) is 9.47 Å². The second-order valence-corrected chi connectivity index (χ2v) is 11.1. The molecule has 1 saturated heterocycles. The average Bonchev–Trinajstić information content (AvgIpc) is 2.89. The zero-order valence-corrected chi connectivity index (χ0v) is 20.6. The summed E-state index contributed by atoms with van der Waals surface area (Å²) in [7, 11) is 0. The third-order valence-electron chi connectivity index (χ3n) is 7.96. The molecule has 0 amide bonds. The molecule has 6 heteroatoms. The van der Waals surface area contributed by atoms with Crippen molar-refractivity contribution in [2.24, 2.45) is 11.8 Å². The van der Waals surface area contributed by atoms with Crippen LogP contribution in [0.15, 0.2) is 41.0 Å². The molecular formula is C28H32O6. The summed E-state index contributed by atoms with van der Waals surface area (Å²) >= 11 is 0. The Morgan fingerprint density at radius 2 is 1.79 bits per heavy atom. The molecular weight excluding hydrogens is 432 g/mol. The maximum Gasteiger partial charge on any atom is 0.200 e. The Morgan fingerprint density at radius 3 is 2.44 bits per heavy atom. The van der Waals surface area contributed by atoms with E-state index in [0.29, 0.717) is 18.4 Å². The quantitative estimate of drug-likeness (QED) is 0.611. The van der Waals surface area contributed by atoms with E-state index in [1.165, 1.54) is 6.07 Å². The van der Waals surface area contributed by atoms with Crippen LogP contribution in [0.4, 0.5) is 0 Å². The number of aromatic hydroxyl groups is 2. The number of benzene rings is 1. The Balaban J connectivity index is 1.75. The van der Waals surface area contributed by atoms with Crippen LogP contribution in [0.1, 0.15) is 70.3 Å². The van der Waals surface area contributed by atoms with Crippen molar-refractivity contribution in [2.45, 2.75) is 77.6 Å². The first-order valence-corrected chi connectivity index (χ1v) is 11.9. The molecule has 180 valence electrons. The standard InChI is InChI=1S/C28H32O6/c1-14(2)7-8-17-19(29)13-20-22(23(17)30)24(31)18-11-16-12-21-26(5,6)34-27(25(16)32,10-9-15(3)4)28(18,21)33-20/h7,9,11,13,16,21,29-30H,8,10,12H2,1-6H3/t16-,21?,27+,28-/m1/s1. The number of phenolic OH excluding ortho intramolecular Hbond substituents is 2. The van der Waals surface area contributed by atoms with E-state index in [2.05, 4.69) is 0 Å². The SMILES string of the molecule is CC(C)=CCc1c(O)cc2c(c1O)C(=O)C1=C[C@@H]3CC4C(C)(C)O[C@@](CC=C(C)C)(C3=O)[C@@]14O2. The van der Waals surface area contributed by atoms with Crippen LogP contribution in [0.5, 0.6) is 17.2 Å². The average molecular weight is 465 g/mol. The van der Waals surface area contributed by atoms with Crippen LogP contribution >= 0.6 is 0 Å². The van der Waals surface area contributed by atoms with Crippen molar-refractivity contribution in [3.63, 3.8) is 0 Å². The topological polar surface area (TPSA) is 93.1 Å². The lowest BCUT2D eigenvalue weighted by molar-refractivity contribution is -0.171. The third-order valence-corrected chi connectivity index (χ3v) is 7.96. The van der Waals surface area contributed by atoms with Gasteiger partial charge in [0.1, 0.15) is 22.8 Å². The molecule has 34 heavy (non-hydrogen) atoms. The summed E-state index contributed by atoms with van der Waals surface area (Å²) in [5.74, 6) is -1.42. The lowest BCUT2D eigenvalue weighted by Gasteiger charge is -2.56. The Hall–Kier alpha value is -2.86. The molecule has 6 rings (SSSR count). The number of ketones is 2. The maximum atomic E-state index is 14.0. The maximum absolute atomic E-state index is 14.0. The molecule has 3 aliphatic carbocycles. The third kappa shape index (κ3) is 2.72. The number of rotatable bonds is 4. The lowest BCUT2D eigenvalue weighted by Crippen LogP contribution is -2.72. The Labute approximate surface area is 200 Å².